The highest BCUT2D eigenvalue weighted by molar-refractivity contribution is 6.30. The van der Waals surface area contributed by atoms with Crippen molar-refractivity contribution < 1.29 is 14.3 Å². The van der Waals surface area contributed by atoms with E-state index in [1.54, 1.807) is 43.5 Å². The third-order valence-electron chi connectivity index (χ3n) is 5.83. The van der Waals surface area contributed by atoms with Gasteiger partial charge in [-0.15, -0.1) is 0 Å². The third kappa shape index (κ3) is 5.54. The lowest BCUT2D eigenvalue weighted by Gasteiger charge is -2.29. The average Bonchev–Trinajstić information content (AvgIpc) is 2.82. The zero-order valence-electron chi connectivity index (χ0n) is 19.5. The maximum Gasteiger partial charge on any atom is 0.251 e. The lowest BCUT2D eigenvalue weighted by molar-refractivity contribution is 0.0951. The van der Waals surface area contributed by atoms with Crippen LogP contribution in [0.5, 0.6) is 5.75 Å². The number of nitrogens with zero attached hydrogens (tertiary/aromatic N) is 1. The Hall–Kier alpha value is -3.44. The van der Waals surface area contributed by atoms with Crippen LogP contribution >= 0.6 is 11.6 Å². The van der Waals surface area contributed by atoms with E-state index in [-0.39, 0.29) is 23.7 Å². The third-order valence-corrected chi connectivity index (χ3v) is 6.08. The van der Waals surface area contributed by atoms with E-state index in [4.69, 9.17) is 21.3 Å². The minimum Gasteiger partial charge on any atom is -0.497 e. The van der Waals surface area contributed by atoms with Gasteiger partial charge in [0.1, 0.15) is 5.75 Å². The van der Waals surface area contributed by atoms with E-state index in [9.17, 15) is 9.59 Å². The number of aliphatic imine (C=N–C) groups is 1. The van der Waals surface area contributed by atoms with Crippen molar-refractivity contribution in [2.75, 3.05) is 7.11 Å². The normalized spacial score (nSPS) is 14.1. The largest absolute Gasteiger partial charge is 0.497 e. The number of ketones is 1. The number of nitrogens with one attached hydrogen (secondary N) is 1. The molecule has 6 heteroatoms. The second-order valence-electron chi connectivity index (χ2n) is 9.06. The Morgan fingerprint density at radius 1 is 1.03 bits per heavy atom. The van der Waals surface area contributed by atoms with Gasteiger partial charge >= 0.3 is 0 Å². The Kier molecular flexibility index (Phi) is 6.85. The van der Waals surface area contributed by atoms with Gasteiger partial charge in [-0.1, -0.05) is 41.9 Å². The number of rotatable bonds is 7. The van der Waals surface area contributed by atoms with Gasteiger partial charge in [0.15, 0.2) is 5.78 Å². The number of hydrogen-bond donors (Lipinski definition) is 1. The van der Waals surface area contributed by atoms with E-state index >= 15 is 0 Å². The number of fused-ring (bicyclic) bond motifs is 1. The highest BCUT2D eigenvalue weighted by Crippen LogP contribution is 2.31. The molecule has 0 saturated heterocycles. The van der Waals surface area contributed by atoms with Gasteiger partial charge < -0.3 is 10.1 Å². The number of Topliss-reactive ketones (excluding diaryl/α,β-unsaturated/α-hetero) is 1. The molecular formula is C28H27ClN2O3. The maximum absolute atomic E-state index is 13.2. The smallest absolute Gasteiger partial charge is 0.251 e. The first kappa shape index (κ1) is 23.7. The molecule has 0 aliphatic carbocycles. The zero-order valence-corrected chi connectivity index (χ0v) is 20.3. The summed E-state index contributed by atoms with van der Waals surface area (Å²) in [6, 6.07) is 20.0. The number of halogens is 1. The Bertz CT molecular complexity index is 1260. The summed E-state index contributed by atoms with van der Waals surface area (Å²) in [7, 11) is 1.62. The van der Waals surface area contributed by atoms with Crippen molar-refractivity contribution in [1.29, 1.82) is 0 Å². The van der Waals surface area contributed by atoms with Gasteiger partial charge in [-0.2, -0.15) is 0 Å². The van der Waals surface area contributed by atoms with Gasteiger partial charge in [-0.3, -0.25) is 14.6 Å². The van der Waals surface area contributed by atoms with Crippen LogP contribution in [0.4, 0.5) is 0 Å². The molecule has 0 aromatic heterocycles. The fourth-order valence-electron chi connectivity index (χ4n) is 4.15. The molecule has 3 aromatic carbocycles. The second-order valence-corrected chi connectivity index (χ2v) is 9.50. The number of amides is 1. The van der Waals surface area contributed by atoms with Crippen LogP contribution in [0.25, 0.3) is 0 Å². The highest BCUT2D eigenvalue weighted by atomic mass is 35.5. The summed E-state index contributed by atoms with van der Waals surface area (Å²) in [4.78, 5) is 30.8. The highest BCUT2D eigenvalue weighted by Gasteiger charge is 2.28. The van der Waals surface area contributed by atoms with Crippen LogP contribution in [0.3, 0.4) is 0 Å². The number of methoxy groups -OCH3 is 1. The molecule has 1 amide bonds. The SMILES string of the molecule is COc1ccc2c(c1)C(CC(=O)c1cccc(C(=O)NCc3ccc(Cl)cc3)c1)=NC(C)(C)C2. The summed E-state index contributed by atoms with van der Waals surface area (Å²) >= 11 is 5.91. The second kappa shape index (κ2) is 9.82. The summed E-state index contributed by atoms with van der Waals surface area (Å²) < 4.78 is 5.38. The van der Waals surface area contributed by atoms with Gasteiger partial charge in [-0.25, -0.2) is 0 Å². The molecule has 0 unspecified atom stereocenters. The van der Waals surface area contributed by atoms with Crippen molar-refractivity contribution in [3.63, 3.8) is 0 Å². The molecule has 0 saturated carbocycles. The van der Waals surface area contributed by atoms with Crippen LogP contribution in [0, 0.1) is 0 Å². The first-order chi connectivity index (χ1) is 16.2. The Morgan fingerprint density at radius 2 is 1.76 bits per heavy atom. The van der Waals surface area contributed by atoms with Crippen LogP contribution in [0.1, 0.15) is 57.7 Å². The van der Waals surface area contributed by atoms with Crippen molar-refractivity contribution in [1.82, 2.24) is 5.32 Å². The van der Waals surface area contributed by atoms with Crippen molar-refractivity contribution in [3.8, 4) is 5.75 Å². The van der Waals surface area contributed by atoms with E-state index in [1.807, 2.05) is 30.3 Å². The Morgan fingerprint density at radius 3 is 2.50 bits per heavy atom. The van der Waals surface area contributed by atoms with E-state index in [0.717, 1.165) is 34.6 Å². The molecule has 1 aliphatic heterocycles. The van der Waals surface area contributed by atoms with Gasteiger partial charge in [-0.05, 0) is 67.8 Å². The predicted octanol–water partition coefficient (Wildman–Crippen LogP) is 5.68. The van der Waals surface area contributed by atoms with Crippen LogP contribution in [-0.2, 0) is 13.0 Å². The molecular weight excluding hydrogens is 448 g/mol. The summed E-state index contributed by atoms with van der Waals surface area (Å²) in [6.07, 6.45) is 0.951. The van der Waals surface area contributed by atoms with Gasteiger partial charge in [0.2, 0.25) is 0 Å². The summed E-state index contributed by atoms with van der Waals surface area (Å²) in [5.41, 5.74) is 4.41. The Labute approximate surface area is 204 Å². The number of carbonyl (C=O) groups excluding carboxylic acids is 2. The van der Waals surface area contributed by atoms with E-state index in [0.29, 0.717) is 22.7 Å². The molecule has 1 N–H and O–H groups in total. The minimum atomic E-state index is -0.291. The molecule has 1 heterocycles. The van der Waals surface area contributed by atoms with Crippen molar-refractivity contribution in [3.05, 3.63) is 99.6 Å². The molecule has 0 radical (unpaired) electrons. The summed E-state index contributed by atoms with van der Waals surface area (Å²) in [5, 5.41) is 3.53. The van der Waals surface area contributed by atoms with Crippen molar-refractivity contribution >= 4 is 29.0 Å². The fraction of sp³-hybridized carbons (Fsp3) is 0.250. The van der Waals surface area contributed by atoms with E-state index in [1.165, 1.54) is 0 Å². The van der Waals surface area contributed by atoms with Crippen LogP contribution in [0.2, 0.25) is 5.02 Å². The van der Waals surface area contributed by atoms with Gasteiger partial charge in [0.25, 0.3) is 5.91 Å². The number of benzene rings is 3. The monoisotopic (exact) mass is 474 g/mol. The minimum absolute atomic E-state index is 0.0856. The fourth-order valence-corrected chi connectivity index (χ4v) is 4.27. The molecule has 5 nitrogen and oxygen atoms in total. The molecule has 3 aromatic rings. The first-order valence-electron chi connectivity index (χ1n) is 11.2. The molecule has 174 valence electrons. The summed E-state index contributed by atoms with van der Waals surface area (Å²) in [6.45, 7) is 4.51. The standard InChI is InChI=1S/C28H27ClN2O3/c1-28(2)16-21-9-12-23(34-3)14-24(21)25(31-28)15-26(32)19-5-4-6-20(13-19)27(33)30-17-18-7-10-22(29)11-8-18/h4-14H,15-17H2,1-3H3,(H,30,33). The molecule has 1 aliphatic rings. The quantitative estimate of drug-likeness (QED) is 0.448. The average molecular weight is 475 g/mol. The molecule has 0 fully saturated rings. The summed E-state index contributed by atoms with van der Waals surface area (Å²) in [5.74, 6) is 0.409. The first-order valence-corrected chi connectivity index (χ1v) is 11.5. The molecule has 0 bridgehead atoms. The van der Waals surface area contributed by atoms with E-state index < -0.39 is 0 Å². The topological polar surface area (TPSA) is 67.8 Å². The maximum atomic E-state index is 13.2. The van der Waals surface area contributed by atoms with Crippen LogP contribution in [0.15, 0.2) is 71.7 Å². The molecule has 4 rings (SSSR count). The lowest BCUT2D eigenvalue weighted by Crippen LogP contribution is -2.30. The zero-order chi connectivity index (χ0) is 24.3. The van der Waals surface area contributed by atoms with Crippen LogP contribution in [-0.4, -0.2) is 30.1 Å². The van der Waals surface area contributed by atoms with Gasteiger partial charge in [0, 0.05) is 28.3 Å². The molecule has 0 spiro atoms. The predicted molar refractivity (Wildman–Crippen MR) is 135 cm³/mol. The van der Waals surface area contributed by atoms with Crippen molar-refractivity contribution in [2.45, 2.75) is 38.8 Å². The molecule has 0 atom stereocenters. The number of hydrogen-bond acceptors (Lipinski definition) is 4. The molecule has 34 heavy (non-hydrogen) atoms. The lowest BCUT2D eigenvalue weighted by atomic mass is 9.85. The van der Waals surface area contributed by atoms with Crippen molar-refractivity contribution in [2.24, 2.45) is 4.99 Å². The van der Waals surface area contributed by atoms with E-state index in [2.05, 4.69) is 19.2 Å². The number of ether oxygens (including phenoxy) is 1. The van der Waals surface area contributed by atoms with Gasteiger partial charge in [0.05, 0.1) is 24.8 Å². The van der Waals surface area contributed by atoms with Crippen LogP contribution < -0.4 is 10.1 Å². The Balaban J connectivity index is 1.50. The number of carbonyl (C=O) groups is 2.